The monoisotopic (exact) mass is 417 g/mol. The van der Waals surface area contributed by atoms with Crippen LogP contribution < -0.4 is 10.5 Å². The van der Waals surface area contributed by atoms with Crippen molar-refractivity contribution in [3.63, 3.8) is 0 Å². The number of ether oxygens (including phenoxy) is 2. The molecule has 3 rings (SSSR count). The maximum atomic E-state index is 12.9. The van der Waals surface area contributed by atoms with Crippen molar-refractivity contribution in [3.05, 3.63) is 51.4 Å². The highest BCUT2D eigenvalue weighted by atomic mass is 35.5. The summed E-state index contributed by atoms with van der Waals surface area (Å²) in [5.74, 6) is 0. The summed E-state index contributed by atoms with van der Waals surface area (Å²) < 4.78 is 50.6. The minimum Gasteiger partial charge on any atom is -0.382 e. The van der Waals surface area contributed by atoms with E-state index in [0.29, 0.717) is 25.4 Å². The van der Waals surface area contributed by atoms with Crippen molar-refractivity contribution < 1.29 is 22.6 Å². The molecule has 1 aromatic heterocycles. The van der Waals surface area contributed by atoms with Gasteiger partial charge in [-0.2, -0.15) is 23.0 Å². The van der Waals surface area contributed by atoms with E-state index in [-0.39, 0.29) is 22.9 Å². The highest BCUT2D eigenvalue weighted by molar-refractivity contribution is 6.33. The van der Waals surface area contributed by atoms with Gasteiger partial charge in [-0.15, -0.1) is 0 Å². The third-order valence-corrected chi connectivity index (χ3v) is 4.69. The summed E-state index contributed by atoms with van der Waals surface area (Å²) in [4.78, 5) is 14.6. The van der Waals surface area contributed by atoms with Gasteiger partial charge < -0.3 is 14.4 Å². The fourth-order valence-electron chi connectivity index (χ4n) is 3.16. The molecule has 1 aliphatic heterocycles. The van der Waals surface area contributed by atoms with Crippen LogP contribution in [0.25, 0.3) is 5.69 Å². The Morgan fingerprint density at radius 1 is 1.36 bits per heavy atom. The molecule has 1 saturated heterocycles. The lowest BCUT2D eigenvalue weighted by molar-refractivity contribution is -0.137. The Bertz CT molecular complexity index is 904. The Morgan fingerprint density at radius 2 is 2.11 bits per heavy atom. The molecule has 2 atom stereocenters. The summed E-state index contributed by atoms with van der Waals surface area (Å²) in [6.07, 6.45) is -3.46. The number of halogens is 4. The molecule has 2 aromatic rings. The largest absolute Gasteiger partial charge is 0.416 e. The maximum Gasteiger partial charge on any atom is 0.416 e. The smallest absolute Gasteiger partial charge is 0.382 e. The molecule has 0 spiro atoms. The van der Waals surface area contributed by atoms with Crippen LogP contribution in [0.4, 0.5) is 18.9 Å². The molecular weight excluding hydrogens is 399 g/mol. The molecule has 0 radical (unpaired) electrons. The summed E-state index contributed by atoms with van der Waals surface area (Å²) in [5.41, 5.74) is -1.17. The highest BCUT2D eigenvalue weighted by Crippen LogP contribution is 2.30. The van der Waals surface area contributed by atoms with Crippen LogP contribution in [0, 0.1) is 0 Å². The lowest BCUT2D eigenvalue weighted by Gasteiger charge is -2.38. The van der Waals surface area contributed by atoms with Crippen LogP contribution in [0.3, 0.4) is 0 Å². The normalized spacial score (nSPS) is 20.4. The van der Waals surface area contributed by atoms with Gasteiger partial charge in [-0.1, -0.05) is 17.7 Å². The van der Waals surface area contributed by atoms with Crippen molar-refractivity contribution in [2.75, 3.05) is 31.7 Å². The molecule has 28 heavy (non-hydrogen) atoms. The van der Waals surface area contributed by atoms with Gasteiger partial charge in [-0.25, -0.2) is 0 Å². The number of nitrogens with zero attached hydrogens (tertiary/aromatic N) is 3. The molecule has 0 N–H and O–H groups in total. The lowest BCUT2D eigenvalue weighted by atomic mass is 10.2. The molecule has 1 aromatic carbocycles. The zero-order valence-electron chi connectivity index (χ0n) is 15.2. The van der Waals surface area contributed by atoms with Crippen LogP contribution in [-0.4, -0.2) is 48.8 Å². The van der Waals surface area contributed by atoms with Crippen LogP contribution in [0.5, 0.6) is 0 Å². The number of benzene rings is 1. The Hall–Kier alpha value is -2.10. The Morgan fingerprint density at radius 3 is 2.79 bits per heavy atom. The molecule has 0 aliphatic carbocycles. The zero-order valence-corrected chi connectivity index (χ0v) is 16.0. The Labute approximate surface area is 164 Å². The molecule has 2 heterocycles. The quantitative estimate of drug-likeness (QED) is 0.765. The molecule has 0 saturated carbocycles. The predicted octanol–water partition coefficient (Wildman–Crippen LogP) is 3.14. The van der Waals surface area contributed by atoms with Crippen LogP contribution in [0.1, 0.15) is 12.5 Å². The molecule has 0 amide bonds. The van der Waals surface area contributed by atoms with Crippen LogP contribution in [0.2, 0.25) is 5.02 Å². The van der Waals surface area contributed by atoms with E-state index in [0.717, 1.165) is 16.8 Å². The summed E-state index contributed by atoms with van der Waals surface area (Å²) in [5, 5.41) is 3.93. The summed E-state index contributed by atoms with van der Waals surface area (Å²) >= 11 is 6.27. The van der Waals surface area contributed by atoms with Crippen molar-refractivity contribution in [1.82, 2.24) is 9.78 Å². The van der Waals surface area contributed by atoms with Crippen LogP contribution in [0.15, 0.2) is 35.3 Å². The number of anilines is 1. The maximum absolute atomic E-state index is 12.9. The zero-order chi connectivity index (χ0) is 20.5. The van der Waals surface area contributed by atoms with E-state index in [9.17, 15) is 18.0 Å². The molecule has 1 aliphatic rings. The minimum absolute atomic E-state index is 0.0131. The van der Waals surface area contributed by atoms with E-state index in [1.54, 1.807) is 7.11 Å². The van der Waals surface area contributed by atoms with Gasteiger partial charge in [-0.05, 0) is 25.1 Å². The second kappa shape index (κ2) is 8.10. The first kappa shape index (κ1) is 20.6. The van der Waals surface area contributed by atoms with Gasteiger partial charge in [0.15, 0.2) is 0 Å². The van der Waals surface area contributed by atoms with Gasteiger partial charge in [-0.3, -0.25) is 4.79 Å². The highest BCUT2D eigenvalue weighted by Gasteiger charge is 2.31. The predicted molar refractivity (Wildman–Crippen MR) is 98.3 cm³/mol. The number of methoxy groups -OCH3 is 1. The van der Waals surface area contributed by atoms with Crippen LogP contribution in [-0.2, 0) is 15.7 Å². The van der Waals surface area contributed by atoms with Crippen molar-refractivity contribution >= 4 is 17.3 Å². The number of alkyl halides is 3. The summed E-state index contributed by atoms with van der Waals surface area (Å²) in [6.45, 7) is 3.22. The third kappa shape index (κ3) is 4.31. The Balaban J connectivity index is 1.95. The van der Waals surface area contributed by atoms with Crippen molar-refractivity contribution in [3.8, 4) is 5.69 Å². The van der Waals surface area contributed by atoms with E-state index >= 15 is 0 Å². The second-order valence-corrected chi connectivity index (χ2v) is 6.92. The summed E-state index contributed by atoms with van der Waals surface area (Å²) in [7, 11) is 1.57. The van der Waals surface area contributed by atoms with E-state index in [4.69, 9.17) is 21.1 Å². The molecular formula is C18H19ClF3N3O3. The first-order chi connectivity index (χ1) is 13.2. The van der Waals surface area contributed by atoms with Gasteiger partial charge in [0.05, 0.1) is 41.9 Å². The van der Waals surface area contributed by atoms with Gasteiger partial charge in [0.1, 0.15) is 5.02 Å². The lowest BCUT2D eigenvalue weighted by Crippen LogP contribution is -2.48. The number of hydrogen-bond donors (Lipinski definition) is 0. The fourth-order valence-corrected chi connectivity index (χ4v) is 3.41. The van der Waals surface area contributed by atoms with Crippen molar-refractivity contribution in [1.29, 1.82) is 0 Å². The van der Waals surface area contributed by atoms with Gasteiger partial charge in [0, 0.05) is 20.2 Å². The first-order valence-corrected chi connectivity index (χ1v) is 8.93. The molecule has 1 fully saturated rings. The second-order valence-electron chi connectivity index (χ2n) is 6.54. The molecule has 6 nitrogen and oxygen atoms in total. The SMILES string of the molecule is COCC1CN(c2cnn(-c3cccc(C(F)(F)F)c3)c(=O)c2Cl)CC(C)O1. The van der Waals surface area contributed by atoms with Crippen LogP contribution >= 0.6 is 11.6 Å². The van der Waals surface area contributed by atoms with E-state index in [1.807, 2.05) is 11.8 Å². The van der Waals surface area contributed by atoms with E-state index < -0.39 is 17.3 Å². The molecule has 152 valence electrons. The first-order valence-electron chi connectivity index (χ1n) is 8.55. The van der Waals surface area contributed by atoms with E-state index in [1.165, 1.54) is 18.3 Å². The van der Waals surface area contributed by atoms with Crippen molar-refractivity contribution in [2.24, 2.45) is 0 Å². The Kier molecular flexibility index (Phi) is 5.97. The molecule has 10 heteroatoms. The number of aromatic nitrogens is 2. The minimum atomic E-state index is -4.52. The third-order valence-electron chi connectivity index (χ3n) is 4.34. The van der Waals surface area contributed by atoms with Gasteiger partial charge in [0.2, 0.25) is 0 Å². The number of rotatable bonds is 4. The fraction of sp³-hybridized carbons (Fsp3) is 0.444. The summed E-state index contributed by atoms with van der Waals surface area (Å²) in [6, 6.07) is 4.36. The molecule has 0 bridgehead atoms. The standard InChI is InChI=1S/C18H19ClF3N3O3/c1-11-8-24(9-14(28-11)10-27-2)15-7-23-25(17(26)16(15)19)13-5-3-4-12(6-13)18(20,21)22/h3-7,11,14H,8-10H2,1-2H3. The topological polar surface area (TPSA) is 56.6 Å². The van der Waals surface area contributed by atoms with Crippen molar-refractivity contribution in [2.45, 2.75) is 25.3 Å². The average molecular weight is 418 g/mol. The van der Waals surface area contributed by atoms with E-state index in [2.05, 4.69) is 5.10 Å². The number of hydrogen-bond acceptors (Lipinski definition) is 5. The van der Waals surface area contributed by atoms with Gasteiger partial charge >= 0.3 is 6.18 Å². The van der Waals surface area contributed by atoms with Gasteiger partial charge in [0.25, 0.3) is 5.56 Å². The number of morpholine rings is 1. The average Bonchev–Trinajstić information content (AvgIpc) is 2.63. The molecule has 2 unspecified atom stereocenters.